The van der Waals surface area contributed by atoms with Crippen molar-refractivity contribution in [3.63, 3.8) is 0 Å². The number of methoxy groups -OCH3 is 1. The maximum atomic E-state index is 5.45. The predicted octanol–water partition coefficient (Wildman–Crippen LogP) is 3.05. The fraction of sp³-hybridized carbons (Fsp3) is 0.650. The van der Waals surface area contributed by atoms with E-state index in [0.717, 1.165) is 38.2 Å². The summed E-state index contributed by atoms with van der Waals surface area (Å²) in [6.45, 7) is 7.18. The fourth-order valence-electron chi connectivity index (χ4n) is 3.14. The average molecular weight is 348 g/mol. The van der Waals surface area contributed by atoms with E-state index in [1.165, 1.54) is 30.4 Å². The summed E-state index contributed by atoms with van der Waals surface area (Å²) in [6, 6.07) is 8.44. The molecule has 0 radical (unpaired) electrons. The first-order chi connectivity index (χ1) is 12.2. The van der Waals surface area contributed by atoms with E-state index < -0.39 is 0 Å². The van der Waals surface area contributed by atoms with Crippen LogP contribution in [0.4, 0.5) is 0 Å². The molecule has 1 saturated heterocycles. The minimum absolute atomic E-state index is 0.641. The zero-order valence-electron chi connectivity index (χ0n) is 16.0. The smallest absolute Gasteiger partial charge is 0.193 e. The lowest BCUT2D eigenvalue weighted by Crippen LogP contribution is -2.40. The van der Waals surface area contributed by atoms with Crippen molar-refractivity contribution in [2.24, 2.45) is 10.9 Å². The van der Waals surface area contributed by atoms with Gasteiger partial charge in [0.25, 0.3) is 0 Å². The first-order valence-electron chi connectivity index (χ1n) is 9.37. The van der Waals surface area contributed by atoms with Crippen molar-refractivity contribution >= 4 is 5.96 Å². The standard InChI is InChI=1S/C20H33N3O2/c1-4-21-20(23(2)11-8-17-9-12-25-13-10-17)22-15-18-6-5-7-19(14-18)16-24-3/h5-7,14,17H,4,8-13,15-16H2,1-3H3,(H,21,22). The number of benzene rings is 1. The molecule has 5 nitrogen and oxygen atoms in total. The SMILES string of the molecule is CCNC(=NCc1cccc(COC)c1)N(C)CCC1CCOCC1. The molecule has 1 aromatic carbocycles. The largest absolute Gasteiger partial charge is 0.381 e. The summed E-state index contributed by atoms with van der Waals surface area (Å²) in [6.07, 6.45) is 3.58. The van der Waals surface area contributed by atoms with Crippen LogP contribution in [-0.4, -0.2) is 51.3 Å². The highest BCUT2D eigenvalue weighted by atomic mass is 16.5. The molecule has 25 heavy (non-hydrogen) atoms. The van der Waals surface area contributed by atoms with Crippen molar-refractivity contribution < 1.29 is 9.47 Å². The van der Waals surface area contributed by atoms with Gasteiger partial charge in [-0.25, -0.2) is 4.99 Å². The van der Waals surface area contributed by atoms with Gasteiger partial charge in [0, 0.05) is 40.5 Å². The maximum Gasteiger partial charge on any atom is 0.193 e. The van der Waals surface area contributed by atoms with Crippen molar-refractivity contribution in [3.8, 4) is 0 Å². The molecule has 140 valence electrons. The van der Waals surface area contributed by atoms with Crippen LogP contribution in [0.1, 0.15) is 37.3 Å². The predicted molar refractivity (Wildman–Crippen MR) is 103 cm³/mol. The van der Waals surface area contributed by atoms with Gasteiger partial charge < -0.3 is 19.7 Å². The molecule has 1 fully saturated rings. The molecule has 0 amide bonds. The summed E-state index contributed by atoms with van der Waals surface area (Å²) in [5, 5.41) is 3.41. The molecular formula is C20H33N3O2. The van der Waals surface area contributed by atoms with Crippen LogP contribution in [0.15, 0.2) is 29.3 Å². The lowest BCUT2D eigenvalue weighted by Gasteiger charge is -2.26. The molecule has 2 rings (SSSR count). The van der Waals surface area contributed by atoms with E-state index in [-0.39, 0.29) is 0 Å². The van der Waals surface area contributed by atoms with E-state index in [9.17, 15) is 0 Å². The van der Waals surface area contributed by atoms with Gasteiger partial charge in [0.2, 0.25) is 0 Å². The molecule has 0 unspecified atom stereocenters. The van der Waals surface area contributed by atoms with Crippen molar-refractivity contribution in [1.29, 1.82) is 0 Å². The van der Waals surface area contributed by atoms with Crippen LogP contribution in [-0.2, 0) is 22.6 Å². The highest BCUT2D eigenvalue weighted by Gasteiger charge is 2.15. The van der Waals surface area contributed by atoms with Gasteiger partial charge in [-0.1, -0.05) is 24.3 Å². The third kappa shape index (κ3) is 7.04. The van der Waals surface area contributed by atoms with E-state index in [2.05, 4.69) is 48.5 Å². The van der Waals surface area contributed by atoms with Crippen molar-refractivity contribution in [2.75, 3.05) is 40.5 Å². The Hall–Kier alpha value is -1.59. The van der Waals surface area contributed by atoms with Gasteiger partial charge in [-0.05, 0) is 43.2 Å². The van der Waals surface area contributed by atoms with Crippen LogP contribution in [0, 0.1) is 5.92 Å². The van der Waals surface area contributed by atoms with Crippen LogP contribution < -0.4 is 5.32 Å². The summed E-state index contributed by atoms with van der Waals surface area (Å²) >= 11 is 0. The zero-order valence-corrected chi connectivity index (χ0v) is 16.0. The van der Waals surface area contributed by atoms with Crippen LogP contribution in [0.3, 0.4) is 0 Å². The molecule has 0 aromatic heterocycles. The van der Waals surface area contributed by atoms with Gasteiger partial charge in [-0.15, -0.1) is 0 Å². The van der Waals surface area contributed by atoms with Crippen molar-refractivity contribution in [1.82, 2.24) is 10.2 Å². The summed E-state index contributed by atoms with van der Waals surface area (Å²) in [5.74, 6) is 1.76. The van der Waals surface area contributed by atoms with E-state index in [4.69, 9.17) is 14.5 Å². The van der Waals surface area contributed by atoms with Crippen molar-refractivity contribution in [3.05, 3.63) is 35.4 Å². The van der Waals surface area contributed by atoms with E-state index in [1.807, 2.05) is 0 Å². The number of aliphatic imine (C=N–C) groups is 1. The number of ether oxygens (including phenoxy) is 2. The maximum absolute atomic E-state index is 5.45. The molecule has 1 heterocycles. The summed E-state index contributed by atoms with van der Waals surface area (Å²) in [4.78, 5) is 7.06. The van der Waals surface area contributed by atoms with Crippen LogP contribution in [0.25, 0.3) is 0 Å². The van der Waals surface area contributed by atoms with Gasteiger partial charge in [0.15, 0.2) is 5.96 Å². The first-order valence-corrected chi connectivity index (χ1v) is 9.37. The second-order valence-electron chi connectivity index (χ2n) is 6.69. The number of nitrogens with zero attached hydrogens (tertiary/aromatic N) is 2. The Morgan fingerprint density at radius 2 is 2.08 bits per heavy atom. The lowest BCUT2D eigenvalue weighted by atomic mass is 9.96. The molecule has 0 aliphatic carbocycles. The number of hydrogen-bond acceptors (Lipinski definition) is 3. The minimum Gasteiger partial charge on any atom is -0.381 e. The first kappa shape index (κ1) is 19.7. The van der Waals surface area contributed by atoms with E-state index in [0.29, 0.717) is 13.2 Å². The second-order valence-corrected chi connectivity index (χ2v) is 6.69. The van der Waals surface area contributed by atoms with Gasteiger partial charge in [-0.2, -0.15) is 0 Å². The molecule has 0 spiro atoms. The van der Waals surface area contributed by atoms with Crippen molar-refractivity contribution in [2.45, 2.75) is 39.3 Å². The Kier molecular flexibility index (Phi) is 8.77. The number of guanidine groups is 1. The monoisotopic (exact) mass is 347 g/mol. The minimum atomic E-state index is 0.641. The molecule has 0 atom stereocenters. The van der Waals surface area contributed by atoms with Gasteiger partial charge in [-0.3, -0.25) is 0 Å². The molecule has 1 N–H and O–H groups in total. The summed E-state index contributed by atoms with van der Waals surface area (Å²) in [5.41, 5.74) is 2.40. The molecule has 1 aliphatic rings. The highest BCUT2D eigenvalue weighted by molar-refractivity contribution is 5.79. The second kappa shape index (κ2) is 11.1. The number of nitrogens with one attached hydrogen (secondary N) is 1. The van der Waals surface area contributed by atoms with Crippen LogP contribution in [0.2, 0.25) is 0 Å². The quantitative estimate of drug-likeness (QED) is 0.580. The number of rotatable bonds is 8. The Bertz CT molecular complexity index is 527. The Morgan fingerprint density at radius 3 is 2.80 bits per heavy atom. The average Bonchev–Trinajstić information content (AvgIpc) is 2.64. The normalized spacial score (nSPS) is 16.0. The number of hydrogen-bond donors (Lipinski definition) is 1. The topological polar surface area (TPSA) is 46.1 Å². The van der Waals surface area contributed by atoms with Gasteiger partial charge >= 0.3 is 0 Å². The summed E-state index contributed by atoms with van der Waals surface area (Å²) in [7, 11) is 3.85. The molecule has 5 heteroatoms. The molecule has 1 aromatic rings. The lowest BCUT2D eigenvalue weighted by molar-refractivity contribution is 0.0625. The zero-order chi connectivity index (χ0) is 17.9. The highest BCUT2D eigenvalue weighted by Crippen LogP contribution is 2.18. The molecule has 1 aliphatic heterocycles. The van der Waals surface area contributed by atoms with Gasteiger partial charge in [0.1, 0.15) is 0 Å². The third-order valence-electron chi connectivity index (χ3n) is 4.62. The molecule has 0 bridgehead atoms. The Balaban J connectivity index is 1.90. The Morgan fingerprint density at radius 1 is 1.32 bits per heavy atom. The van der Waals surface area contributed by atoms with Crippen LogP contribution in [0.5, 0.6) is 0 Å². The van der Waals surface area contributed by atoms with E-state index >= 15 is 0 Å². The third-order valence-corrected chi connectivity index (χ3v) is 4.62. The molecular weight excluding hydrogens is 314 g/mol. The van der Waals surface area contributed by atoms with Gasteiger partial charge in [0.05, 0.1) is 13.2 Å². The molecule has 0 saturated carbocycles. The summed E-state index contributed by atoms with van der Waals surface area (Å²) < 4.78 is 10.7. The Labute approximate surface area is 152 Å². The fourth-order valence-corrected chi connectivity index (χ4v) is 3.14. The van der Waals surface area contributed by atoms with E-state index in [1.54, 1.807) is 7.11 Å². The van der Waals surface area contributed by atoms with Crippen LogP contribution >= 0.6 is 0 Å².